The largest absolute Gasteiger partial charge is 0.396 e. The molecular formula is C15H32O2. The summed E-state index contributed by atoms with van der Waals surface area (Å²) in [5, 5.41) is 9.25. The number of ether oxygens (including phenoxy) is 1. The molecule has 0 aromatic heterocycles. The average Bonchev–Trinajstić information content (AvgIpc) is 2.36. The first-order chi connectivity index (χ1) is 8.29. The lowest BCUT2D eigenvalue weighted by atomic mass is 9.95. The van der Waals surface area contributed by atoms with Gasteiger partial charge in [0.25, 0.3) is 0 Å². The van der Waals surface area contributed by atoms with E-state index in [1.807, 2.05) is 0 Å². The van der Waals surface area contributed by atoms with Gasteiger partial charge in [0.2, 0.25) is 0 Å². The fourth-order valence-corrected chi connectivity index (χ4v) is 2.36. The van der Waals surface area contributed by atoms with Crippen molar-refractivity contribution in [3.63, 3.8) is 0 Å². The monoisotopic (exact) mass is 244 g/mol. The molecule has 0 unspecified atom stereocenters. The summed E-state index contributed by atoms with van der Waals surface area (Å²) in [4.78, 5) is 0. The second-order valence-electron chi connectivity index (χ2n) is 5.04. The summed E-state index contributed by atoms with van der Waals surface area (Å²) in [6.07, 6.45) is 11.7. The highest BCUT2D eigenvalue weighted by molar-refractivity contribution is 4.68. The zero-order valence-corrected chi connectivity index (χ0v) is 12.1. The number of unbranched alkanes of at least 4 members (excludes halogenated alkanes) is 6. The molecule has 17 heavy (non-hydrogen) atoms. The van der Waals surface area contributed by atoms with Crippen LogP contribution in [0.1, 0.15) is 71.6 Å². The van der Waals surface area contributed by atoms with Crippen molar-refractivity contribution < 1.29 is 9.84 Å². The predicted molar refractivity (Wildman–Crippen MR) is 74.3 cm³/mol. The molecule has 2 nitrogen and oxygen atoms in total. The molecule has 0 aromatic rings. The van der Waals surface area contributed by atoms with Crippen molar-refractivity contribution in [3.05, 3.63) is 0 Å². The highest BCUT2D eigenvalue weighted by atomic mass is 16.5. The van der Waals surface area contributed by atoms with Crippen molar-refractivity contribution in [1.29, 1.82) is 0 Å². The Morgan fingerprint density at radius 1 is 0.941 bits per heavy atom. The van der Waals surface area contributed by atoms with E-state index >= 15 is 0 Å². The number of aliphatic hydroxyl groups is 1. The molecule has 0 bridgehead atoms. The van der Waals surface area contributed by atoms with Gasteiger partial charge in [-0.1, -0.05) is 58.8 Å². The molecule has 0 aromatic carbocycles. The second-order valence-corrected chi connectivity index (χ2v) is 5.04. The minimum atomic E-state index is 0.251. The number of aliphatic hydroxyl groups excluding tert-OH is 1. The summed E-state index contributed by atoms with van der Waals surface area (Å²) in [7, 11) is 1.77. The van der Waals surface area contributed by atoms with E-state index in [0.29, 0.717) is 5.92 Å². The van der Waals surface area contributed by atoms with Crippen LogP contribution in [0.2, 0.25) is 0 Å². The smallest absolute Gasteiger partial charge is 0.0621 e. The number of methoxy groups -OCH3 is 1. The van der Waals surface area contributed by atoms with Crippen molar-refractivity contribution in [2.24, 2.45) is 5.92 Å². The first-order valence-corrected chi connectivity index (χ1v) is 7.43. The molecule has 0 heterocycles. The SMILES string of the molecule is CCCCCCCCC[C@@H](OC)[C@H](CC)CO. The fraction of sp³-hybridized carbons (Fsp3) is 1.00. The van der Waals surface area contributed by atoms with Crippen molar-refractivity contribution in [1.82, 2.24) is 0 Å². The van der Waals surface area contributed by atoms with E-state index in [2.05, 4.69) is 13.8 Å². The lowest BCUT2D eigenvalue weighted by molar-refractivity contribution is 0.0174. The first kappa shape index (κ1) is 16.9. The summed E-state index contributed by atoms with van der Waals surface area (Å²) < 4.78 is 5.48. The molecule has 0 saturated heterocycles. The van der Waals surface area contributed by atoms with Gasteiger partial charge in [0.05, 0.1) is 6.10 Å². The second kappa shape index (κ2) is 12.4. The molecule has 0 amide bonds. The number of hydrogen-bond donors (Lipinski definition) is 1. The summed E-state index contributed by atoms with van der Waals surface area (Å²) in [6.45, 7) is 4.63. The molecule has 2 atom stereocenters. The number of hydrogen-bond acceptors (Lipinski definition) is 2. The van der Waals surface area contributed by atoms with Gasteiger partial charge in [-0.15, -0.1) is 0 Å². The van der Waals surface area contributed by atoms with Gasteiger partial charge >= 0.3 is 0 Å². The maximum Gasteiger partial charge on any atom is 0.0621 e. The average molecular weight is 244 g/mol. The van der Waals surface area contributed by atoms with Gasteiger partial charge in [0, 0.05) is 19.6 Å². The fourth-order valence-electron chi connectivity index (χ4n) is 2.36. The van der Waals surface area contributed by atoms with Crippen molar-refractivity contribution in [2.45, 2.75) is 77.7 Å². The molecular weight excluding hydrogens is 212 g/mol. The minimum Gasteiger partial charge on any atom is -0.396 e. The zero-order valence-electron chi connectivity index (χ0n) is 12.1. The van der Waals surface area contributed by atoms with Crippen LogP contribution in [0.25, 0.3) is 0 Å². The van der Waals surface area contributed by atoms with E-state index in [-0.39, 0.29) is 12.7 Å². The van der Waals surface area contributed by atoms with Gasteiger partial charge < -0.3 is 9.84 Å². The van der Waals surface area contributed by atoms with Gasteiger partial charge in [-0.25, -0.2) is 0 Å². The van der Waals surface area contributed by atoms with E-state index in [0.717, 1.165) is 12.8 Å². The standard InChI is InChI=1S/C15H32O2/c1-4-6-7-8-9-10-11-12-15(17-3)14(5-2)13-16/h14-16H,4-13H2,1-3H3/t14-,15-/m1/s1. The Morgan fingerprint density at radius 3 is 2.00 bits per heavy atom. The highest BCUT2D eigenvalue weighted by Gasteiger charge is 2.17. The Balaban J connectivity index is 3.49. The minimum absolute atomic E-state index is 0.251. The van der Waals surface area contributed by atoms with Crippen molar-refractivity contribution >= 4 is 0 Å². The van der Waals surface area contributed by atoms with Gasteiger partial charge in [-0.2, -0.15) is 0 Å². The predicted octanol–water partition coefficient (Wildman–Crippen LogP) is 4.16. The molecule has 0 aliphatic carbocycles. The third-order valence-electron chi connectivity index (χ3n) is 3.68. The molecule has 0 aliphatic rings. The van der Waals surface area contributed by atoms with E-state index in [9.17, 15) is 5.11 Å². The molecule has 2 heteroatoms. The summed E-state index contributed by atoms with van der Waals surface area (Å²) in [5.74, 6) is 0.320. The Bertz CT molecular complexity index is 144. The third-order valence-corrected chi connectivity index (χ3v) is 3.68. The van der Waals surface area contributed by atoms with Crippen LogP contribution in [0, 0.1) is 5.92 Å². The summed E-state index contributed by atoms with van der Waals surface area (Å²) in [5.41, 5.74) is 0. The van der Waals surface area contributed by atoms with Crippen LogP contribution in [0.5, 0.6) is 0 Å². The molecule has 0 radical (unpaired) electrons. The van der Waals surface area contributed by atoms with Gasteiger partial charge in [0.1, 0.15) is 0 Å². The lowest BCUT2D eigenvalue weighted by Crippen LogP contribution is -2.25. The maximum absolute atomic E-state index is 9.25. The van der Waals surface area contributed by atoms with Gasteiger partial charge in [0.15, 0.2) is 0 Å². The van der Waals surface area contributed by atoms with E-state index in [4.69, 9.17) is 4.74 Å². The summed E-state index contributed by atoms with van der Waals surface area (Å²) in [6, 6.07) is 0. The van der Waals surface area contributed by atoms with E-state index in [1.54, 1.807) is 7.11 Å². The Morgan fingerprint density at radius 2 is 1.53 bits per heavy atom. The van der Waals surface area contributed by atoms with Crippen LogP contribution >= 0.6 is 0 Å². The van der Waals surface area contributed by atoms with Crippen molar-refractivity contribution in [2.75, 3.05) is 13.7 Å². The highest BCUT2D eigenvalue weighted by Crippen LogP contribution is 2.18. The molecule has 104 valence electrons. The van der Waals surface area contributed by atoms with E-state index in [1.165, 1.54) is 44.9 Å². The quantitative estimate of drug-likeness (QED) is 0.522. The maximum atomic E-state index is 9.25. The third kappa shape index (κ3) is 8.62. The Labute approximate surface area is 108 Å². The van der Waals surface area contributed by atoms with Crippen LogP contribution < -0.4 is 0 Å². The molecule has 0 rings (SSSR count). The zero-order chi connectivity index (χ0) is 12.9. The molecule has 1 N–H and O–H groups in total. The first-order valence-electron chi connectivity index (χ1n) is 7.43. The molecule has 0 fully saturated rings. The molecule has 0 aliphatic heterocycles. The number of rotatable bonds is 12. The molecule has 0 saturated carbocycles. The Kier molecular flexibility index (Phi) is 12.3. The van der Waals surface area contributed by atoms with Gasteiger partial charge in [-0.05, 0) is 12.8 Å². The summed E-state index contributed by atoms with van der Waals surface area (Å²) >= 11 is 0. The van der Waals surface area contributed by atoms with Crippen LogP contribution in [-0.4, -0.2) is 24.9 Å². The molecule has 0 spiro atoms. The Hall–Kier alpha value is -0.0800. The van der Waals surface area contributed by atoms with E-state index < -0.39 is 0 Å². The van der Waals surface area contributed by atoms with Crippen LogP contribution in [0.4, 0.5) is 0 Å². The normalized spacial score (nSPS) is 14.8. The van der Waals surface area contributed by atoms with Crippen molar-refractivity contribution in [3.8, 4) is 0 Å². The van der Waals surface area contributed by atoms with Gasteiger partial charge in [-0.3, -0.25) is 0 Å². The lowest BCUT2D eigenvalue weighted by Gasteiger charge is -2.23. The van der Waals surface area contributed by atoms with Crippen LogP contribution in [0.3, 0.4) is 0 Å². The van der Waals surface area contributed by atoms with Crippen LogP contribution in [-0.2, 0) is 4.74 Å². The topological polar surface area (TPSA) is 29.5 Å². The van der Waals surface area contributed by atoms with Crippen LogP contribution in [0.15, 0.2) is 0 Å².